The van der Waals surface area contributed by atoms with E-state index in [0.717, 1.165) is 25.8 Å². The first-order valence-corrected chi connectivity index (χ1v) is 8.22. The highest BCUT2D eigenvalue weighted by atomic mass is 16.4. The summed E-state index contributed by atoms with van der Waals surface area (Å²) in [5, 5.41) is 16.8. The van der Waals surface area contributed by atoms with Crippen LogP contribution in [0.1, 0.15) is 23.2 Å². The summed E-state index contributed by atoms with van der Waals surface area (Å²) in [6.07, 6.45) is 4.57. The van der Waals surface area contributed by atoms with Crippen molar-refractivity contribution in [2.75, 3.05) is 6.54 Å². The third-order valence-electron chi connectivity index (χ3n) is 5.34. The molecular weight excluding hydrogens is 290 g/mol. The second-order valence-electron chi connectivity index (χ2n) is 6.80. The number of nitrogens with zero attached hydrogens (tertiary/aromatic N) is 2. The van der Waals surface area contributed by atoms with E-state index in [-0.39, 0.29) is 5.92 Å². The van der Waals surface area contributed by atoms with Gasteiger partial charge in [-0.15, -0.1) is 0 Å². The molecule has 1 fully saturated rings. The summed E-state index contributed by atoms with van der Waals surface area (Å²) in [5.74, 6) is -0.553. The number of H-pyrrole nitrogens is 1. The molecule has 0 amide bonds. The van der Waals surface area contributed by atoms with Crippen molar-refractivity contribution in [3.63, 3.8) is 0 Å². The van der Waals surface area contributed by atoms with E-state index >= 15 is 0 Å². The van der Waals surface area contributed by atoms with Crippen molar-refractivity contribution in [3.8, 4) is 0 Å². The van der Waals surface area contributed by atoms with Crippen molar-refractivity contribution in [2.24, 2.45) is 11.8 Å². The topological polar surface area (TPSA) is 69.2 Å². The van der Waals surface area contributed by atoms with Gasteiger partial charge in [-0.3, -0.25) is 14.8 Å². The van der Waals surface area contributed by atoms with E-state index in [9.17, 15) is 9.90 Å². The molecule has 5 nitrogen and oxygen atoms in total. The maximum absolute atomic E-state index is 11.6. The molecule has 3 unspecified atom stereocenters. The average molecular weight is 311 g/mol. The first-order chi connectivity index (χ1) is 11.2. The third-order valence-corrected chi connectivity index (χ3v) is 5.34. The van der Waals surface area contributed by atoms with E-state index in [4.69, 9.17) is 0 Å². The van der Waals surface area contributed by atoms with Crippen LogP contribution >= 0.6 is 0 Å². The average Bonchev–Trinajstić information content (AvgIpc) is 3.01. The highest BCUT2D eigenvalue weighted by molar-refractivity contribution is 5.70. The van der Waals surface area contributed by atoms with Gasteiger partial charge in [-0.05, 0) is 36.3 Å². The number of fused-ring (bicyclic) bond motifs is 2. The van der Waals surface area contributed by atoms with Crippen LogP contribution in [0, 0.1) is 11.8 Å². The van der Waals surface area contributed by atoms with Crippen molar-refractivity contribution in [3.05, 3.63) is 53.3 Å². The summed E-state index contributed by atoms with van der Waals surface area (Å²) in [5.41, 5.74) is 3.73. The molecule has 1 aromatic heterocycles. The van der Waals surface area contributed by atoms with Crippen LogP contribution in [0.5, 0.6) is 0 Å². The fourth-order valence-corrected chi connectivity index (χ4v) is 4.19. The lowest BCUT2D eigenvalue weighted by atomic mass is 9.74. The Morgan fingerprint density at radius 3 is 2.91 bits per heavy atom. The number of carboxylic acids is 1. The number of aromatic amines is 1. The molecular formula is C18H21N3O2. The largest absolute Gasteiger partial charge is 0.481 e. The Morgan fingerprint density at radius 2 is 2.13 bits per heavy atom. The first kappa shape index (κ1) is 14.5. The van der Waals surface area contributed by atoms with E-state index in [1.807, 2.05) is 24.4 Å². The van der Waals surface area contributed by atoms with Crippen LogP contribution in [-0.4, -0.2) is 38.8 Å². The van der Waals surface area contributed by atoms with Crippen LogP contribution in [0.3, 0.4) is 0 Å². The van der Waals surface area contributed by atoms with Crippen LogP contribution in [0.25, 0.3) is 0 Å². The Morgan fingerprint density at radius 1 is 1.30 bits per heavy atom. The number of aliphatic carboxylic acids is 1. The molecule has 1 saturated heterocycles. The van der Waals surface area contributed by atoms with Crippen LogP contribution < -0.4 is 0 Å². The van der Waals surface area contributed by atoms with Crippen molar-refractivity contribution in [2.45, 2.75) is 31.8 Å². The predicted octanol–water partition coefficient (Wildman–Crippen LogP) is 2.10. The molecule has 0 saturated carbocycles. The molecule has 3 atom stereocenters. The fourth-order valence-electron chi connectivity index (χ4n) is 4.19. The second kappa shape index (κ2) is 5.81. The summed E-state index contributed by atoms with van der Waals surface area (Å²) in [7, 11) is 0. The zero-order chi connectivity index (χ0) is 15.8. The van der Waals surface area contributed by atoms with E-state index in [1.165, 1.54) is 16.8 Å². The summed E-state index contributed by atoms with van der Waals surface area (Å²) in [6.45, 7) is 1.46. The molecule has 120 valence electrons. The molecule has 23 heavy (non-hydrogen) atoms. The highest BCUT2D eigenvalue weighted by Gasteiger charge is 2.41. The van der Waals surface area contributed by atoms with Crippen LogP contribution in [0.15, 0.2) is 36.5 Å². The van der Waals surface area contributed by atoms with Gasteiger partial charge in [-0.25, -0.2) is 0 Å². The minimum Gasteiger partial charge on any atom is -0.481 e. The lowest BCUT2D eigenvalue weighted by Gasteiger charge is -2.46. The van der Waals surface area contributed by atoms with Crippen molar-refractivity contribution in [1.82, 2.24) is 15.1 Å². The van der Waals surface area contributed by atoms with Crippen molar-refractivity contribution >= 4 is 5.97 Å². The molecule has 2 N–H and O–H groups in total. The predicted molar refractivity (Wildman–Crippen MR) is 85.9 cm³/mol. The molecule has 2 aliphatic rings. The number of carboxylic acid groups (broad SMARTS) is 1. The van der Waals surface area contributed by atoms with Crippen LogP contribution in [0.2, 0.25) is 0 Å². The lowest BCUT2D eigenvalue weighted by molar-refractivity contribution is -0.145. The summed E-state index contributed by atoms with van der Waals surface area (Å²) in [6, 6.07) is 10.7. The first-order valence-electron chi connectivity index (χ1n) is 8.22. The van der Waals surface area contributed by atoms with Gasteiger partial charge in [0.15, 0.2) is 0 Å². The number of carbonyl (C=O) groups is 1. The van der Waals surface area contributed by atoms with E-state index in [1.54, 1.807) is 0 Å². The molecule has 0 bridgehead atoms. The lowest BCUT2D eigenvalue weighted by Crippen LogP contribution is -2.53. The van der Waals surface area contributed by atoms with Gasteiger partial charge < -0.3 is 5.11 Å². The zero-order valence-corrected chi connectivity index (χ0v) is 13.0. The Hall–Kier alpha value is -2.14. The van der Waals surface area contributed by atoms with Gasteiger partial charge in [0.25, 0.3) is 0 Å². The molecule has 4 rings (SSSR count). The number of likely N-dealkylation sites (tertiary alicyclic amines) is 1. The van der Waals surface area contributed by atoms with Gasteiger partial charge in [0.2, 0.25) is 0 Å². The van der Waals surface area contributed by atoms with Gasteiger partial charge in [0.1, 0.15) is 0 Å². The Balaban J connectivity index is 1.61. The van der Waals surface area contributed by atoms with Gasteiger partial charge >= 0.3 is 5.97 Å². The van der Waals surface area contributed by atoms with E-state index in [0.29, 0.717) is 18.5 Å². The second-order valence-corrected chi connectivity index (χ2v) is 6.80. The molecule has 2 heterocycles. The van der Waals surface area contributed by atoms with Crippen LogP contribution in [-0.2, 0) is 24.2 Å². The maximum Gasteiger partial charge on any atom is 0.307 e. The molecule has 1 aliphatic carbocycles. The van der Waals surface area contributed by atoms with Gasteiger partial charge in [-0.1, -0.05) is 30.3 Å². The fraction of sp³-hybridized carbons (Fsp3) is 0.444. The highest BCUT2D eigenvalue weighted by Crippen LogP contribution is 2.37. The number of hydrogen-bond acceptors (Lipinski definition) is 3. The number of hydrogen-bond donors (Lipinski definition) is 2. The Labute approximate surface area is 135 Å². The molecule has 5 heteroatoms. The standard InChI is InChI=1S/C18H21N3O2/c22-18(23)15-6-13-7-16-14(9-19-20-16)8-17(13)21(11-15)10-12-4-2-1-3-5-12/h1-5,9,13,15,17H,6-8,10-11H2,(H,19,20)(H,22,23). The zero-order valence-electron chi connectivity index (χ0n) is 13.0. The monoisotopic (exact) mass is 311 g/mol. The van der Waals surface area contributed by atoms with Crippen molar-refractivity contribution in [1.29, 1.82) is 0 Å². The summed E-state index contributed by atoms with van der Waals surface area (Å²) >= 11 is 0. The molecule has 1 aliphatic heterocycles. The number of nitrogens with one attached hydrogen (secondary N) is 1. The van der Waals surface area contributed by atoms with Gasteiger partial charge in [-0.2, -0.15) is 5.10 Å². The van der Waals surface area contributed by atoms with Crippen LogP contribution in [0.4, 0.5) is 0 Å². The van der Waals surface area contributed by atoms with Gasteiger partial charge in [0, 0.05) is 24.8 Å². The number of rotatable bonds is 3. The van der Waals surface area contributed by atoms with E-state index < -0.39 is 5.97 Å². The SMILES string of the molecule is O=C(O)C1CC2Cc3[nH]ncc3CC2N(Cc2ccccc2)C1. The minimum atomic E-state index is -0.670. The quantitative estimate of drug-likeness (QED) is 0.911. The Kier molecular flexibility index (Phi) is 3.65. The minimum absolute atomic E-state index is 0.274. The number of piperidine rings is 1. The smallest absolute Gasteiger partial charge is 0.307 e. The van der Waals surface area contributed by atoms with Gasteiger partial charge in [0.05, 0.1) is 12.1 Å². The molecule has 0 radical (unpaired) electrons. The summed E-state index contributed by atoms with van der Waals surface area (Å²) < 4.78 is 0. The molecule has 0 spiro atoms. The maximum atomic E-state index is 11.6. The third kappa shape index (κ3) is 2.77. The molecule has 1 aromatic carbocycles. The normalized spacial score (nSPS) is 27.2. The Bertz CT molecular complexity index is 697. The number of aromatic nitrogens is 2. The summed E-state index contributed by atoms with van der Waals surface area (Å²) in [4.78, 5) is 13.9. The van der Waals surface area contributed by atoms with Crippen molar-refractivity contribution < 1.29 is 9.90 Å². The number of benzene rings is 1. The molecule has 2 aromatic rings. The van der Waals surface area contributed by atoms with E-state index in [2.05, 4.69) is 27.2 Å².